The lowest BCUT2D eigenvalue weighted by Gasteiger charge is -2.26. The van der Waals surface area contributed by atoms with Gasteiger partial charge in [0.1, 0.15) is 23.7 Å². The fourth-order valence-electron chi connectivity index (χ4n) is 4.62. The number of hydrogen-bond acceptors (Lipinski definition) is 6. The van der Waals surface area contributed by atoms with Crippen LogP contribution in [0.2, 0.25) is 0 Å². The van der Waals surface area contributed by atoms with Gasteiger partial charge in [-0.15, -0.1) is 5.12 Å². The Labute approximate surface area is 210 Å². The number of rotatable bonds is 4. The molecule has 3 heterocycles. The van der Waals surface area contributed by atoms with Gasteiger partial charge in [-0.25, -0.2) is 15.5 Å². The summed E-state index contributed by atoms with van der Waals surface area (Å²) in [5, 5.41) is 10.3. The van der Waals surface area contributed by atoms with Gasteiger partial charge >= 0.3 is 0 Å². The van der Waals surface area contributed by atoms with Crippen LogP contribution in [0.4, 0.5) is 5.69 Å². The zero-order valence-corrected chi connectivity index (χ0v) is 20.8. The molecular weight excluding hydrogens is 448 g/mol. The first kappa shape index (κ1) is 22.1. The molecule has 0 unspecified atom stereocenters. The molecule has 0 saturated carbocycles. The molecule has 1 N–H and O–H groups in total. The second-order valence-electron chi connectivity index (χ2n) is 10.00. The lowest BCUT2D eigenvalue weighted by molar-refractivity contribution is 0.278. The summed E-state index contributed by atoms with van der Waals surface area (Å²) in [6.07, 6.45) is 3.58. The highest BCUT2D eigenvalue weighted by Crippen LogP contribution is 2.37. The van der Waals surface area contributed by atoms with Gasteiger partial charge in [-0.2, -0.15) is 5.10 Å². The van der Waals surface area contributed by atoms with Crippen LogP contribution in [0.5, 0.6) is 11.5 Å². The highest BCUT2D eigenvalue weighted by Gasteiger charge is 2.21. The molecular formula is C29H28N6O. The molecule has 7 heteroatoms. The summed E-state index contributed by atoms with van der Waals surface area (Å²) >= 11 is 0. The molecule has 3 aromatic carbocycles. The first-order chi connectivity index (χ1) is 17.4. The third-order valence-electron chi connectivity index (χ3n) is 6.47. The van der Waals surface area contributed by atoms with Crippen molar-refractivity contribution < 1.29 is 4.74 Å². The summed E-state index contributed by atoms with van der Waals surface area (Å²) in [5.41, 5.74) is 7.19. The summed E-state index contributed by atoms with van der Waals surface area (Å²) in [6, 6.07) is 27.0. The lowest BCUT2D eigenvalue weighted by Crippen LogP contribution is -2.39. The third-order valence-corrected chi connectivity index (χ3v) is 6.47. The van der Waals surface area contributed by atoms with Crippen molar-refractivity contribution >= 4 is 33.8 Å². The van der Waals surface area contributed by atoms with Crippen molar-refractivity contribution in [3.8, 4) is 17.3 Å². The van der Waals surface area contributed by atoms with Crippen LogP contribution in [0, 0.1) is 0 Å². The van der Waals surface area contributed by atoms with Gasteiger partial charge in [-0.1, -0.05) is 45.0 Å². The summed E-state index contributed by atoms with van der Waals surface area (Å²) < 4.78 is 8.69. The first-order valence-corrected chi connectivity index (χ1v) is 12.0. The Morgan fingerprint density at radius 2 is 1.61 bits per heavy atom. The van der Waals surface area contributed by atoms with E-state index in [0.29, 0.717) is 0 Å². The maximum Gasteiger partial charge on any atom is 0.137 e. The summed E-state index contributed by atoms with van der Waals surface area (Å²) in [4.78, 5) is 4.63. The number of hydrogen-bond donors (Lipinski definition) is 1. The number of pyridine rings is 1. The van der Waals surface area contributed by atoms with Crippen LogP contribution < -0.4 is 15.3 Å². The number of para-hydroxylation sites is 1. The smallest absolute Gasteiger partial charge is 0.137 e. The van der Waals surface area contributed by atoms with E-state index in [0.717, 1.165) is 39.4 Å². The topological polar surface area (TPSA) is 57.9 Å². The van der Waals surface area contributed by atoms with Gasteiger partial charge in [0.2, 0.25) is 0 Å². The average molecular weight is 477 g/mol. The average Bonchev–Trinajstić information content (AvgIpc) is 3.44. The van der Waals surface area contributed by atoms with Crippen LogP contribution in [-0.4, -0.2) is 28.1 Å². The molecule has 0 aliphatic carbocycles. The molecule has 1 aliphatic rings. The van der Waals surface area contributed by atoms with E-state index in [1.54, 1.807) is 6.34 Å². The molecule has 0 saturated heterocycles. The maximum absolute atomic E-state index is 6.50. The zero-order valence-electron chi connectivity index (χ0n) is 20.8. The Morgan fingerprint density at radius 3 is 2.36 bits per heavy atom. The Kier molecular flexibility index (Phi) is 5.16. The minimum absolute atomic E-state index is 0.0493. The Balaban J connectivity index is 1.47. The largest absolute Gasteiger partial charge is 0.457 e. The number of hydrazine groups is 2. The summed E-state index contributed by atoms with van der Waals surface area (Å²) in [6.45, 7) is 6.61. The zero-order chi connectivity index (χ0) is 24.9. The molecule has 5 aromatic rings. The minimum atomic E-state index is -0.0493. The van der Waals surface area contributed by atoms with Gasteiger partial charge in [0.25, 0.3) is 0 Å². The van der Waals surface area contributed by atoms with Crippen molar-refractivity contribution in [2.45, 2.75) is 26.2 Å². The van der Waals surface area contributed by atoms with Crippen LogP contribution in [0.25, 0.3) is 27.6 Å². The van der Waals surface area contributed by atoms with Crippen LogP contribution >= 0.6 is 0 Å². The van der Waals surface area contributed by atoms with Gasteiger partial charge in [-0.3, -0.25) is 4.57 Å². The van der Waals surface area contributed by atoms with Crippen LogP contribution in [-0.2, 0) is 5.41 Å². The Hall–Kier alpha value is -4.36. The molecule has 36 heavy (non-hydrogen) atoms. The molecule has 2 aromatic heterocycles. The van der Waals surface area contributed by atoms with E-state index in [2.05, 4.69) is 89.5 Å². The van der Waals surface area contributed by atoms with Crippen LogP contribution in [0.1, 0.15) is 26.3 Å². The summed E-state index contributed by atoms with van der Waals surface area (Å²) in [7, 11) is 1.92. The molecule has 6 rings (SSSR count). The van der Waals surface area contributed by atoms with E-state index >= 15 is 0 Å². The standard InChI is InChI=1S/C29H28N6O/c1-29(2,3)20-15-21(34-19-31-32-33(34)4)17-23(16-20)36-22-12-13-25-24-9-5-6-10-26(24)35(27(25)18-22)28-11-7-8-14-30-28/h5-19,32H,1-4H3. The normalized spacial score (nSPS) is 14.1. The molecule has 0 radical (unpaired) electrons. The molecule has 0 fully saturated rings. The third kappa shape index (κ3) is 3.83. The lowest BCUT2D eigenvalue weighted by atomic mass is 9.86. The van der Waals surface area contributed by atoms with E-state index < -0.39 is 0 Å². The van der Waals surface area contributed by atoms with Crippen molar-refractivity contribution in [1.82, 2.24) is 20.2 Å². The van der Waals surface area contributed by atoms with Crippen molar-refractivity contribution in [1.29, 1.82) is 0 Å². The number of nitrogens with one attached hydrogen (secondary N) is 1. The van der Waals surface area contributed by atoms with Crippen LogP contribution in [0.15, 0.2) is 90.2 Å². The Bertz CT molecular complexity index is 1600. The number of nitrogens with zero attached hydrogens (tertiary/aromatic N) is 5. The van der Waals surface area contributed by atoms with Crippen molar-refractivity contribution in [2.75, 3.05) is 12.1 Å². The SMILES string of the molecule is CN1NN=CN1c1cc(Oc2ccc3c4ccccc4n(-c4ccccn4)c3c2)cc(C(C)(C)C)c1. The predicted molar refractivity (Wildman–Crippen MR) is 146 cm³/mol. The Morgan fingerprint density at radius 1 is 0.806 bits per heavy atom. The molecule has 0 spiro atoms. The first-order valence-electron chi connectivity index (χ1n) is 12.0. The van der Waals surface area contributed by atoms with Gasteiger partial charge in [0.15, 0.2) is 0 Å². The second kappa shape index (κ2) is 8.39. The molecule has 180 valence electrons. The van der Waals surface area contributed by atoms with E-state index in [-0.39, 0.29) is 5.41 Å². The fourth-order valence-corrected chi connectivity index (χ4v) is 4.62. The van der Waals surface area contributed by atoms with E-state index in [1.165, 1.54) is 10.9 Å². The molecule has 0 amide bonds. The highest BCUT2D eigenvalue weighted by atomic mass is 16.5. The maximum atomic E-state index is 6.50. The van der Waals surface area contributed by atoms with Crippen molar-refractivity contribution in [3.05, 3.63) is 90.6 Å². The number of hydrazone groups is 1. The minimum Gasteiger partial charge on any atom is -0.457 e. The van der Waals surface area contributed by atoms with Crippen molar-refractivity contribution in [2.24, 2.45) is 5.10 Å². The molecule has 1 aliphatic heterocycles. The molecule has 0 atom stereocenters. The number of ether oxygens (including phenoxy) is 1. The van der Waals surface area contributed by atoms with Crippen molar-refractivity contribution in [3.63, 3.8) is 0 Å². The van der Waals surface area contributed by atoms with E-state index in [4.69, 9.17) is 4.74 Å². The number of aromatic nitrogens is 2. The second-order valence-corrected chi connectivity index (χ2v) is 10.00. The molecule has 0 bridgehead atoms. The number of anilines is 1. The quantitative estimate of drug-likeness (QED) is 0.326. The number of benzene rings is 3. The monoisotopic (exact) mass is 476 g/mol. The summed E-state index contributed by atoms with van der Waals surface area (Å²) in [5.74, 6) is 2.41. The van der Waals surface area contributed by atoms with Crippen LogP contribution in [0.3, 0.4) is 0 Å². The van der Waals surface area contributed by atoms with Gasteiger partial charge in [0, 0.05) is 36.1 Å². The van der Waals surface area contributed by atoms with Gasteiger partial charge < -0.3 is 4.74 Å². The van der Waals surface area contributed by atoms with Gasteiger partial charge in [-0.05, 0) is 53.4 Å². The predicted octanol–water partition coefficient (Wildman–Crippen LogP) is 6.38. The van der Waals surface area contributed by atoms with E-state index in [9.17, 15) is 0 Å². The number of fused-ring (bicyclic) bond motifs is 3. The highest BCUT2D eigenvalue weighted by molar-refractivity contribution is 6.09. The molecule has 7 nitrogen and oxygen atoms in total. The van der Waals surface area contributed by atoms with Gasteiger partial charge in [0.05, 0.1) is 16.7 Å². The van der Waals surface area contributed by atoms with E-state index in [1.807, 2.05) is 53.7 Å². The fraction of sp³-hybridized carbons (Fsp3) is 0.172.